The molecule has 0 spiro atoms. The van der Waals surface area contributed by atoms with Gasteiger partial charge in [-0.1, -0.05) is 13.0 Å². The van der Waals surface area contributed by atoms with Gasteiger partial charge in [-0.25, -0.2) is 0 Å². The molecule has 0 saturated carbocycles. The molecule has 0 aliphatic carbocycles. The number of fused-ring (bicyclic) bond motifs is 1. The van der Waals surface area contributed by atoms with E-state index in [9.17, 15) is 22.8 Å². The van der Waals surface area contributed by atoms with Crippen LogP contribution in [0.4, 0.5) is 13.2 Å². The van der Waals surface area contributed by atoms with Crippen molar-refractivity contribution in [2.24, 2.45) is 0 Å². The zero-order chi connectivity index (χ0) is 18.2. The number of nitrogens with one attached hydrogen (secondary N) is 1. The number of alkyl halides is 3. The lowest BCUT2D eigenvalue weighted by molar-refractivity contribution is -0.136. The van der Waals surface area contributed by atoms with Gasteiger partial charge in [0.05, 0.1) is 11.1 Å². The second kappa shape index (κ2) is 6.54. The molecular formula is C18H19F3N2O2. The summed E-state index contributed by atoms with van der Waals surface area (Å²) >= 11 is 0. The third-order valence-corrected chi connectivity index (χ3v) is 4.81. The second-order valence-electron chi connectivity index (χ2n) is 6.31. The van der Waals surface area contributed by atoms with E-state index in [-0.39, 0.29) is 22.5 Å². The van der Waals surface area contributed by atoms with Gasteiger partial charge in [-0.05, 0) is 37.8 Å². The Morgan fingerprint density at radius 3 is 2.76 bits per heavy atom. The first-order valence-corrected chi connectivity index (χ1v) is 8.37. The van der Waals surface area contributed by atoms with E-state index in [1.54, 1.807) is 4.90 Å². The summed E-state index contributed by atoms with van der Waals surface area (Å²) in [7, 11) is 0. The van der Waals surface area contributed by atoms with Crippen molar-refractivity contribution in [1.29, 1.82) is 0 Å². The van der Waals surface area contributed by atoms with Gasteiger partial charge in [-0.3, -0.25) is 9.59 Å². The predicted molar refractivity (Wildman–Crippen MR) is 88.5 cm³/mol. The van der Waals surface area contributed by atoms with Crippen molar-refractivity contribution in [2.75, 3.05) is 6.54 Å². The molecule has 3 rings (SSSR count). The maximum absolute atomic E-state index is 13.1. The molecule has 1 amide bonds. The van der Waals surface area contributed by atoms with Crippen molar-refractivity contribution < 1.29 is 18.0 Å². The number of H-pyrrole nitrogens is 1. The van der Waals surface area contributed by atoms with Gasteiger partial charge in [0.2, 0.25) is 5.43 Å². The average molecular weight is 352 g/mol. The van der Waals surface area contributed by atoms with E-state index in [1.807, 2.05) is 6.92 Å². The first kappa shape index (κ1) is 17.5. The van der Waals surface area contributed by atoms with Crippen molar-refractivity contribution in [1.82, 2.24) is 9.88 Å². The van der Waals surface area contributed by atoms with Crippen LogP contribution in [-0.2, 0) is 6.18 Å². The van der Waals surface area contributed by atoms with Crippen LogP contribution in [0.5, 0.6) is 0 Å². The number of carbonyl (C=O) groups is 1. The molecule has 1 aromatic heterocycles. The number of halogens is 3. The third-order valence-electron chi connectivity index (χ3n) is 4.81. The van der Waals surface area contributed by atoms with Crippen LogP contribution in [0.2, 0.25) is 0 Å². The molecule has 0 bridgehead atoms. The van der Waals surface area contributed by atoms with Crippen molar-refractivity contribution >= 4 is 16.8 Å². The Morgan fingerprint density at radius 1 is 1.32 bits per heavy atom. The van der Waals surface area contributed by atoms with Crippen molar-refractivity contribution in [3.8, 4) is 0 Å². The molecule has 1 aromatic carbocycles. The summed E-state index contributed by atoms with van der Waals surface area (Å²) in [6.45, 7) is 2.55. The summed E-state index contributed by atoms with van der Waals surface area (Å²) in [6.07, 6.45) is 0.108. The number of para-hydroxylation sites is 1. The van der Waals surface area contributed by atoms with Gasteiger partial charge in [0.15, 0.2) is 0 Å². The highest BCUT2D eigenvalue weighted by Gasteiger charge is 2.34. The van der Waals surface area contributed by atoms with Crippen molar-refractivity contribution in [3.63, 3.8) is 0 Å². The molecule has 1 atom stereocenters. The normalized spacial score (nSPS) is 18.6. The third kappa shape index (κ3) is 3.15. The van der Waals surface area contributed by atoms with Crippen LogP contribution in [0.3, 0.4) is 0 Å². The van der Waals surface area contributed by atoms with Crippen LogP contribution in [0, 0.1) is 0 Å². The Morgan fingerprint density at radius 2 is 2.08 bits per heavy atom. The lowest BCUT2D eigenvalue weighted by Crippen LogP contribution is -2.44. The Bertz CT molecular complexity index is 858. The van der Waals surface area contributed by atoms with E-state index >= 15 is 0 Å². The summed E-state index contributed by atoms with van der Waals surface area (Å²) in [5.41, 5.74) is -1.97. The van der Waals surface area contributed by atoms with Gasteiger partial charge in [-0.2, -0.15) is 13.2 Å². The standard InChI is InChI=1S/C18H19F3N2O2/c1-2-11-6-3-4-9-23(11)17(25)13-10-22-15-12(16(13)24)7-5-8-14(15)18(19,20)21/h5,7-8,10-11H,2-4,6,9H2,1H3,(H,22,24). The summed E-state index contributed by atoms with van der Waals surface area (Å²) in [5, 5.41) is -0.120. The molecule has 25 heavy (non-hydrogen) atoms. The molecule has 1 aliphatic heterocycles. The van der Waals surface area contributed by atoms with Gasteiger partial charge < -0.3 is 9.88 Å². The van der Waals surface area contributed by atoms with Gasteiger partial charge in [0.25, 0.3) is 5.91 Å². The van der Waals surface area contributed by atoms with Gasteiger partial charge in [-0.15, -0.1) is 0 Å². The van der Waals surface area contributed by atoms with E-state index in [0.29, 0.717) is 6.54 Å². The summed E-state index contributed by atoms with van der Waals surface area (Å²) in [6, 6.07) is 3.48. The lowest BCUT2D eigenvalue weighted by atomic mass is 9.98. The molecule has 2 aromatic rings. The number of amides is 1. The fraction of sp³-hybridized carbons (Fsp3) is 0.444. The fourth-order valence-corrected chi connectivity index (χ4v) is 3.49. The number of carbonyl (C=O) groups excluding carboxylic acids is 1. The van der Waals surface area contributed by atoms with E-state index < -0.39 is 23.1 Å². The molecule has 4 nitrogen and oxygen atoms in total. The number of aromatic nitrogens is 1. The number of benzene rings is 1. The Balaban J connectivity index is 2.08. The molecule has 1 saturated heterocycles. The van der Waals surface area contributed by atoms with E-state index in [2.05, 4.69) is 4.98 Å². The quantitative estimate of drug-likeness (QED) is 0.890. The summed E-state index contributed by atoms with van der Waals surface area (Å²) in [5.74, 6) is -0.410. The molecule has 1 aliphatic rings. The minimum Gasteiger partial charge on any atom is -0.360 e. The minimum absolute atomic E-state index is 0.0675. The van der Waals surface area contributed by atoms with Gasteiger partial charge >= 0.3 is 6.18 Å². The molecule has 1 N–H and O–H groups in total. The van der Waals surface area contributed by atoms with Gasteiger partial charge in [0, 0.05) is 24.2 Å². The van der Waals surface area contributed by atoms with Crippen LogP contribution >= 0.6 is 0 Å². The summed E-state index contributed by atoms with van der Waals surface area (Å²) in [4.78, 5) is 29.6. The number of hydrogen-bond acceptors (Lipinski definition) is 2. The van der Waals surface area contributed by atoms with Crippen molar-refractivity contribution in [3.05, 3.63) is 45.7 Å². The number of aromatic amines is 1. The highest BCUT2D eigenvalue weighted by molar-refractivity contribution is 5.97. The van der Waals surface area contributed by atoms with Crippen LogP contribution in [0.15, 0.2) is 29.2 Å². The fourth-order valence-electron chi connectivity index (χ4n) is 3.49. The number of hydrogen-bond donors (Lipinski definition) is 1. The number of likely N-dealkylation sites (tertiary alicyclic amines) is 1. The maximum Gasteiger partial charge on any atom is 0.418 e. The van der Waals surface area contributed by atoms with Crippen molar-refractivity contribution in [2.45, 2.75) is 44.8 Å². The molecule has 1 unspecified atom stereocenters. The number of pyridine rings is 1. The molecular weight excluding hydrogens is 333 g/mol. The predicted octanol–water partition coefficient (Wildman–Crippen LogP) is 3.95. The molecule has 1 fully saturated rings. The highest BCUT2D eigenvalue weighted by atomic mass is 19.4. The Kier molecular flexibility index (Phi) is 4.58. The summed E-state index contributed by atoms with van der Waals surface area (Å²) < 4.78 is 39.3. The minimum atomic E-state index is -4.58. The Hall–Kier alpha value is -2.31. The number of rotatable bonds is 2. The van der Waals surface area contributed by atoms with Crippen LogP contribution in [0.25, 0.3) is 10.9 Å². The molecule has 0 radical (unpaired) electrons. The second-order valence-corrected chi connectivity index (χ2v) is 6.31. The molecule has 7 heteroatoms. The van der Waals surface area contributed by atoms with Crippen LogP contribution in [0.1, 0.15) is 48.5 Å². The average Bonchev–Trinajstić information content (AvgIpc) is 2.60. The SMILES string of the molecule is CCC1CCCCN1C(=O)c1c[nH]c2c(C(F)(F)F)cccc2c1=O. The molecule has 134 valence electrons. The largest absolute Gasteiger partial charge is 0.418 e. The highest BCUT2D eigenvalue weighted by Crippen LogP contribution is 2.33. The number of piperidine rings is 1. The zero-order valence-electron chi connectivity index (χ0n) is 13.8. The first-order chi connectivity index (χ1) is 11.8. The Labute approximate surface area is 142 Å². The van der Waals surface area contributed by atoms with E-state index in [0.717, 1.165) is 37.9 Å². The van der Waals surface area contributed by atoms with E-state index in [1.165, 1.54) is 12.1 Å². The maximum atomic E-state index is 13.1. The first-order valence-electron chi connectivity index (χ1n) is 8.37. The van der Waals surface area contributed by atoms with Crippen LogP contribution < -0.4 is 5.43 Å². The van der Waals surface area contributed by atoms with Gasteiger partial charge in [0.1, 0.15) is 5.56 Å². The molecule has 2 heterocycles. The topological polar surface area (TPSA) is 53.2 Å². The number of nitrogens with zero attached hydrogens (tertiary/aromatic N) is 1. The zero-order valence-corrected chi connectivity index (χ0v) is 13.8. The smallest absolute Gasteiger partial charge is 0.360 e. The lowest BCUT2D eigenvalue weighted by Gasteiger charge is -2.35. The van der Waals surface area contributed by atoms with Crippen LogP contribution in [-0.4, -0.2) is 28.4 Å². The monoisotopic (exact) mass is 352 g/mol. The van der Waals surface area contributed by atoms with E-state index in [4.69, 9.17) is 0 Å².